The van der Waals surface area contributed by atoms with Crippen molar-refractivity contribution in [1.29, 1.82) is 0 Å². The summed E-state index contributed by atoms with van der Waals surface area (Å²) in [6.07, 6.45) is -2.47. The average Bonchev–Trinajstić information content (AvgIpc) is 2.91. The second-order valence-corrected chi connectivity index (χ2v) is 9.36. The predicted octanol–water partition coefficient (Wildman–Crippen LogP) is 9.72. The molecule has 0 atom stereocenters. The lowest BCUT2D eigenvalue weighted by molar-refractivity contribution is -0.137. The van der Waals surface area contributed by atoms with Gasteiger partial charge in [-0.2, -0.15) is 13.2 Å². The quantitative estimate of drug-likeness (QED) is 0.241. The number of rotatable bonds is 3. The van der Waals surface area contributed by atoms with Gasteiger partial charge in [-0.1, -0.05) is 72.8 Å². The topological polar surface area (TPSA) is 12.9 Å². The maximum Gasteiger partial charge on any atom is 0.416 e. The highest BCUT2D eigenvalue weighted by Crippen LogP contribution is 2.35. The molecule has 6 rings (SSSR count). The number of alkyl halides is 3. The molecule has 0 unspecified atom stereocenters. The van der Waals surface area contributed by atoms with Crippen LogP contribution in [0.5, 0.6) is 0 Å². The van der Waals surface area contributed by atoms with Crippen molar-refractivity contribution in [3.63, 3.8) is 0 Å². The highest BCUT2D eigenvalue weighted by atomic mass is 19.4. The van der Waals surface area contributed by atoms with Crippen LogP contribution in [0, 0.1) is 6.92 Å². The maximum atomic E-state index is 13.3. The van der Waals surface area contributed by atoms with E-state index >= 15 is 0 Å². The van der Waals surface area contributed by atoms with Gasteiger partial charge < -0.3 is 0 Å². The molecular weight excluding hydrogens is 467 g/mol. The molecule has 0 amide bonds. The molecule has 0 saturated heterocycles. The van der Waals surface area contributed by atoms with Gasteiger partial charge in [0.05, 0.1) is 11.1 Å². The Balaban J connectivity index is 1.30. The zero-order valence-electron chi connectivity index (χ0n) is 20.1. The number of aromatic nitrogens is 1. The van der Waals surface area contributed by atoms with E-state index in [1.54, 1.807) is 13.0 Å². The Morgan fingerprint density at radius 1 is 0.514 bits per heavy atom. The molecule has 0 bridgehead atoms. The molecule has 37 heavy (non-hydrogen) atoms. The number of halogens is 3. The minimum Gasteiger partial charge on any atom is -0.256 e. The summed E-state index contributed by atoms with van der Waals surface area (Å²) in [5, 5.41) is 3.13. The van der Waals surface area contributed by atoms with Gasteiger partial charge in [-0.15, -0.1) is 0 Å². The Morgan fingerprint density at radius 2 is 1.08 bits per heavy atom. The van der Waals surface area contributed by atoms with E-state index in [1.165, 1.54) is 12.1 Å². The van der Waals surface area contributed by atoms with E-state index in [1.807, 2.05) is 48.7 Å². The molecule has 0 spiro atoms. The van der Waals surface area contributed by atoms with Crippen LogP contribution in [-0.2, 0) is 6.18 Å². The second kappa shape index (κ2) is 8.90. The summed E-state index contributed by atoms with van der Waals surface area (Å²) in [7, 11) is 0. The van der Waals surface area contributed by atoms with E-state index in [0.29, 0.717) is 11.1 Å². The fraction of sp³-hybridized carbons (Fsp3) is 0.0606. The Kier molecular flexibility index (Phi) is 5.53. The third-order valence-electron chi connectivity index (χ3n) is 6.72. The zero-order valence-corrected chi connectivity index (χ0v) is 20.1. The predicted molar refractivity (Wildman–Crippen MR) is 145 cm³/mol. The first-order valence-electron chi connectivity index (χ1n) is 12.0. The van der Waals surface area contributed by atoms with Gasteiger partial charge in [0.15, 0.2) is 0 Å². The van der Waals surface area contributed by atoms with Crippen LogP contribution in [0.1, 0.15) is 11.1 Å². The number of nitrogens with zero attached hydrogens (tertiary/aromatic N) is 1. The van der Waals surface area contributed by atoms with Gasteiger partial charge in [-0.05, 0) is 87.5 Å². The largest absolute Gasteiger partial charge is 0.416 e. The third kappa shape index (κ3) is 4.58. The Labute approximate surface area is 212 Å². The van der Waals surface area contributed by atoms with Crippen molar-refractivity contribution in [2.45, 2.75) is 13.1 Å². The molecule has 1 heterocycles. The van der Waals surface area contributed by atoms with Gasteiger partial charge in [0.25, 0.3) is 0 Å². The highest BCUT2D eigenvalue weighted by molar-refractivity contribution is 5.91. The maximum absolute atomic E-state index is 13.3. The molecule has 0 fully saturated rings. The lowest BCUT2D eigenvalue weighted by Gasteiger charge is -2.12. The number of pyridine rings is 1. The molecule has 180 valence electrons. The fourth-order valence-electron chi connectivity index (χ4n) is 4.80. The average molecular weight is 490 g/mol. The molecule has 1 nitrogen and oxygen atoms in total. The summed E-state index contributed by atoms with van der Waals surface area (Å²) < 4.78 is 39.9. The van der Waals surface area contributed by atoms with Crippen LogP contribution in [-0.4, -0.2) is 4.98 Å². The molecule has 4 heteroatoms. The first-order chi connectivity index (χ1) is 17.8. The van der Waals surface area contributed by atoms with Crippen molar-refractivity contribution in [2.75, 3.05) is 0 Å². The first kappa shape index (κ1) is 23.0. The monoisotopic (exact) mass is 489 g/mol. The van der Waals surface area contributed by atoms with Crippen molar-refractivity contribution in [2.24, 2.45) is 0 Å². The number of hydrogen-bond acceptors (Lipinski definition) is 1. The minimum atomic E-state index is -4.37. The highest BCUT2D eigenvalue weighted by Gasteiger charge is 2.31. The summed E-state index contributed by atoms with van der Waals surface area (Å²) in [6, 6.07) is 34.8. The van der Waals surface area contributed by atoms with Crippen LogP contribution >= 0.6 is 0 Å². The SMILES string of the molecule is Cc1cc(-c2ccc3cc(-c4ccc(-c5cnc6ccccc6c5)cc4)ccc3c2)cc(C(F)(F)F)c1. The van der Waals surface area contributed by atoms with Crippen molar-refractivity contribution in [3.05, 3.63) is 127 Å². The molecular formula is C33H22F3N. The Hall–Kier alpha value is -4.44. The van der Waals surface area contributed by atoms with E-state index in [0.717, 1.165) is 49.5 Å². The van der Waals surface area contributed by atoms with Crippen molar-refractivity contribution < 1.29 is 13.2 Å². The number of fused-ring (bicyclic) bond motifs is 2. The molecule has 5 aromatic carbocycles. The van der Waals surface area contributed by atoms with Crippen molar-refractivity contribution in [1.82, 2.24) is 4.98 Å². The number of aryl methyl sites for hydroxylation is 1. The lowest BCUT2D eigenvalue weighted by atomic mass is 9.95. The molecule has 0 aliphatic rings. The van der Waals surface area contributed by atoms with E-state index in [-0.39, 0.29) is 0 Å². The Bertz CT molecular complexity index is 1770. The molecule has 0 aliphatic carbocycles. The van der Waals surface area contributed by atoms with Crippen LogP contribution in [0.4, 0.5) is 13.2 Å². The summed E-state index contributed by atoms with van der Waals surface area (Å²) in [6.45, 7) is 1.69. The summed E-state index contributed by atoms with van der Waals surface area (Å²) in [4.78, 5) is 4.57. The van der Waals surface area contributed by atoms with Crippen LogP contribution in [0.3, 0.4) is 0 Å². The number of para-hydroxylation sites is 1. The molecule has 0 radical (unpaired) electrons. The summed E-state index contributed by atoms with van der Waals surface area (Å²) in [5.74, 6) is 0. The third-order valence-corrected chi connectivity index (χ3v) is 6.72. The van der Waals surface area contributed by atoms with Crippen LogP contribution in [0.2, 0.25) is 0 Å². The summed E-state index contributed by atoms with van der Waals surface area (Å²) >= 11 is 0. The fourth-order valence-corrected chi connectivity index (χ4v) is 4.80. The Morgan fingerprint density at radius 3 is 1.76 bits per heavy atom. The smallest absolute Gasteiger partial charge is 0.256 e. The number of hydrogen-bond donors (Lipinski definition) is 0. The zero-order chi connectivity index (χ0) is 25.6. The van der Waals surface area contributed by atoms with Gasteiger partial charge in [0.2, 0.25) is 0 Å². The van der Waals surface area contributed by atoms with Gasteiger partial charge >= 0.3 is 6.18 Å². The summed E-state index contributed by atoms with van der Waals surface area (Å²) in [5.41, 5.74) is 6.62. The standard InChI is InChI=1S/C33H22F3N/c1-21-14-29(19-31(15-21)33(34,35)36)27-13-12-25-16-24(10-11-26(25)17-27)22-6-8-23(9-7-22)30-18-28-4-2-3-5-32(28)37-20-30/h2-20H,1H3. The molecule has 1 aromatic heterocycles. The molecule has 0 saturated carbocycles. The van der Waals surface area contributed by atoms with Crippen molar-refractivity contribution >= 4 is 21.7 Å². The first-order valence-corrected chi connectivity index (χ1v) is 12.0. The van der Waals surface area contributed by atoms with Crippen molar-refractivity contribution in [3.8, 4) is 33.4 Å². The normalized spacial score (nSPS) is 11.8. The molecule has 0 aliphatic heterocycles. The van der Waals surface area contributed by atoms with Gasteiger partial charge in [0.1, 0.15) is 0 Å². The van der Waals surface area contributed by atoms with Gasteiger partial charge in [-0.3, -0.25) is 4.98 Å². The van der Waals surface area contributed by atoms with E-state index in [4.69, 9.17) is 0 Å². The number of benzene rings is 5. The van der Waals surface area contributed by atoms with E-state index in [2.05, 4.69) is 53.5 Å². The van der Waals surface area contributed by atoms with E-state index in [9.17, 15) is 13.2 Å². The van der Waals surface area contributed by atoms with Crippen LogP contribution in [0.25, 0.3) is 55.1 Å². The second-order valence-electron chi connectivity index (χ2n) is 9.36. The molecule has 0 N–H and O–H groups in total. The van der Waals surface area contributed by atoms with E-state index < -0.39 is 11.7 Å². The molecule has 6 aromatic rings. The van der Waals surface area contributed by atoms with Crippen LogP contribution in [0.15, 0.2) is 115 Å². The van der Waals surface area contributed by atoms with Gasteiger partial charge in [0, 0.05) is 17.1 Å². The van der Waals surface area contributed by atoms with Gasteiger partial charge in [-0.25, -0.2) is 0 Å². The minimum absolute atomic E-state index is 0.567. The lowest BCUT2D eigenvalue weighted by Crippen LogP contribution is -2.05. The van der Waals surface area contributed by atoms with Crippen LogP contribution < -0.4 is 0 Å².